The van der Waals surface area contributed by atoms with E-state index in [0.29, 0.717) is 13.0 Å². The lowest BCUT2D eigenvalue weighted by Gasteiger charge is -2.35. The van der Waals surface area contributed by atoms with E-state index < -0.39 is 19.6 Å². The molecular formula is C27H29NO3. The summed E-state index contributed by atoms with van der Waals surface area (Å²) in [4.78, 5) is 1.51. The summed E-state index contributed by atoms with van der Waals surface area (Å²) < 4.78 is 67.2. The number of piperidine rings is 1. The molecule has 2 aliphatic rings. The first-order valence-corrected chi connectivity index (χ1v) is 10.6. The van der Waals surface area contributed by atoms with Crippen LogP contribution in [0.4, 0.5) is 0 Å². The number of nitrogens with zero attached hydrogens (tertiary/aromatic N) is 1. The van der Waals surface area contributed by atoms with Crippen LogP contribution in [0.15, 0.2) is 78.9 Å². The van der Waals surface area contributed by atoms with Crippen molar-refractivity contribution in [2.24, 2.45) is 0 Å². The van der Waals surface area contributed by atoms with Gasteiger partial charge in [0.15, 0.2) is 11.5 Å². The summed E-state index contributed by atoms with van der Waals surface area (Å²) in [6.07, 6.45) is -1.63. The summed E-state index contributed by atoms with van der Waals surface area (Å²) in [6, 6.07) is 24.0. The molecule has 2 heterocycles. The fraction of sp³-hybridized carbons (Fsp3) is 0.333. The Labute approximate surface area is 192 Å². The number of likely N-dealkylation sites (tertiary alicyclic amines) is 1. The van der Waals surface area contributed by atoms with Crippen LogP contribution in [-0.2, 0) is 11.1 Å². The van der Waals surface area contributed by atoms with Crippen molar-refractivity contribution in [1.82, 2.24) is 4.90 Å². The van der Waals surface area contributed by atoms with Crippen molar-refractivity contribution >= 4 is 0 Å². The summed E-state index contributed by atoms with van der Waals surface area (Å²) in [5.74, 6) is 0.208. The monoisotopic (exact) mass is 421 g/mol. The summed E-state index contributed by atoms with van der Waals surface area (Å²) in [5.41, 5.74) is 2.06. The van der Waals surface area contributed by atoms with E-state index in [2.05, 4.69) is 0 Å². The maximum Gasteiger partial charge on any atom is 0.231 e. The molecule has 0 aromatic heterocycles. The topological polar surface area (TPSA) is 30.9 Å². The minimum Gasteiger partial charge on any atom is -0.454 e. The van der Waals surface area contributed by atoms with Crippen molar-refractivity contribution in [3.63, 3.8) is 0 Å². The number of ether oxygens (including phenoxy) is 3. The van der Waals surface area contributed by atoms with E-state index >= 15 is 0 Å². The van der Waals surface area contributed by atoms with Crippen LogP contribution in [-0.4, -0.2) is 37.3 Å². The fourth-order valence-corrected chi connectivity index (χ4v) is 3.95. The van der Waals surface area contributed by atoms with Gasteiger partial charge in [-0.05, 0) is 54.6 Å². The zero-order chi connectivity index (χ0) is 26.3. The second-order valence-corrected chi connectivity index (χ2v) is 7.73. The van der Waals surface area contributed by atoms with E-state index in [1.807, 2.05) is 60.7 Å². The first-order valence-electron chi connectivity index (χ1n) is 13.6. The number of hydrogen-bond acceptors (Lipinski definition) is 4. The third kappa shape index (κ3) is 4.92. The van der Waals surface area contributed by atoms with Crippen LogP contribution in [0, 0.1) is 0 Å². The van der Waals surface area contributed by atoms with Gasteiger partial charge in [-0.25, -0.2) is 0 Å². The smallest absolute Gasteiger partial charge is 0.231 e. The van der Waals surface area contributed by atoms with Gasteiger partial charge in [0.1, 0.15) is 8.85 Å². The van der Waals surface area contributed by atoms with E-state index in [0.717, 1.165) is 17.5 Å². The first kappa shape index (κ1) is 14.3. The molecule has 3 aromatic carbocycles. The summed E-state index contributed by atoms with van der Waals surface area (Å²) in [6.45, 7) is -4.08. The molecule has 1 atom stereocenters. The molecule has 0 bridgehead atoms. The Bertz CT molecular complexity index is 1190. The van der Waals surface area contributed by atoms with Crippen molar-refractivity contribution in [2.75, 3.05) is 26.3 Å². The van der Waals surface area contributed by atoms with Crippen molar-refractivity contribution in [3.05, 3.63) is 95.6 Å². The Kier molecular flexibility index (Phi) is 4.40. The third-order valence-electron chi connectivity index (χ3n) is 5.52. The van der Waals surface area contributed by atoms with Crippen LogP contribution in [0.1, 0.15) is 43.9 Å². The van der Waals surface area contributed by atoms with E-state index in [1.54, 1.807) is 0 Å². The SMILES string of the molecule is [2H]C1([2H])Oc2ccc(C([2H])([2H])C([2H])([2H])N3CCCC(OC(c4ccccc4)c4ccccc4)C3)cc2O1. The average Bonchev–Trinajstić information content (AvgIpc) is 3.21. The average molecular weight is 422 g/mol. The second-order valence-electron chi connectivity index (χ2n) is 7.73. The van der Waals surface area contributed by atoms with Crippen molar-refractivity contribution in [3.8, 4) is 11.5 Å². The van der Waals surface area contributed by atoms with E-state index in [-0.39, 0.29) is 35.8 Å². The van der Waals surface area contributed by atoms with Crippen LogP contribution < -0.4 is 9.47 Å². The molecule has 31 heavy (non-hydrogen) atoms. The standard InChI is InChI=1S/C27H29NO3/c1-3-8-22(9-4-1)27(23-10-5-2-6-11-23)31-24-12-7-16-28(19-24)17-15-21-13-14-25-26(18-21)30-20-29-25/h1-6,8-11,13-14,18,24,27H,7,12,15-17,19-20H2/i15D2,17D2,20D2. The highest BCUT2D eigenvalue weighted by Crippen LogP contribution is 2.33. The largest absolute Gasteiger partial charge is 0.454 e. The highest BCUT2D eigenvalue weighted by Gasteiger charge is 2.25. The quantitative estimate of drug-likeness (QED) is 0.523. The van der Waals surface area contributed by atoms with Crippen molar-refractivity contribution < 1.29 is 22.4 Å². The van der Waals surface area contributed by atoms with Gasteiger partial charge in [0.25, 0.3) is 0 Å². The second kappa shape index (κ2) is 9.54. The Morgan fingerprint density at radius 2 is 1.68 bits per heavy atom. The molecule has 0 saturated carbocycles. The van der Waals surface area contributed by atoms with E-state index in [4.69, 9.17) is 22.4 Å². The summed E-state index contributed by atoms with van der Waals surface area (Å²) in [5, 5.41) is 0. The molecule has 0 spiro atoms. The van der Waals surface area contributed by atoms with Crippen molar-refractivity contribution in [1.29, 1.82) is 0 Å². The summed E-state index contributed by atoms with van der Waals surface area (Å²) in [7, 11) is 0. The number of hydrogen-bond donors (Lipinski definition) is 0. The Morgan fingerprint density at radius 1 is 0.968 bits per heavy atom. The van der Waals surface area contributed by atoms with Crippen LogP contribution in [0.3, 0.4) is 0 Å². The highest BCUT2D eigenvalue weighted by molar-refractivity contribution is 5.44. The normalized spacial score (nSPS) is 23.8. The van der Waals surface area contributed by atoms with Crippen LogP contribution in [0.25, 0.3) is 0 Å². The van der Waals surface area contributed by atoms with Gasteiger partial charge in [-0.1, -0.05) is 66.7 Å². The lowest BCUT2D eigenvalue weighted by atomic mass is 10.00. The zero-order valence-electron chi connectivity index (χ0n) is 23.2. The minimum atomic E-state index is -2.42. The molecule has 1 fully saturated rings. The Morgan fingerprint density at radius 3 is 2.42 bits per heavy atom. The number of rotatable bonds is 7. The first-order chi connectivity index (χ1) is 17.6. The van der Waals surface area contributed by atoms with Gasteiger partial charge in [0, 0.05) is 18.5 Å². The van der Waals surface area contributed by atoms with Gasteiger partial charge in [-0.15, -0.1) is 0 Å². The highest BCUT2D eigenvalue weighted by atomic mass is 16.7. The number of fused-ring (bicyclic) bond motifs is 1. The molecule has 1 saturated heterocycles. The fourth-order valence-electron chi connectivity index (χ4n) is 3.95. The molecule has 0 amide bonds. The third-order valence-corrected chi connectivity index (χ3v) is 5.52. The number of benzene rings is 3. The Hall–Kier alpha value is -2.82. The zero-order valence-corrected chi connectivity index (χ0v) is 17.2. The van der Waals surface area contributed by atoms with Crippen molar-refractivity contribution in [2.45, 2.75) is 31.4 Å². The Balaban J connectivity index is 1.36. The van der Waals surface area contributed by atoms with Gasteiger partial charge in [-0.3, -0.25) is 0 Å². The molecule has 1 unspecified atom stereocenters. The molecule has 4 heteroatoms. The van der Waals surface area contributed by atoms with E-state index in [1.165, 1.54) is 23.1 Å². The molecule has 160 valence electrons. The molecule has 0 radical (unpaired) electrons. The lowest BCUT2D eigenvalue weighted by molar-refractivity contribution is -0.0330. The lowest BCUT2D eigenvalue weighted by Crippen LogP contribution is -2.41. The molecule has 2 aliphatic heterocycles. The van der Waals surface area contributed by atoms with Gasteiger partial charge in [0.2, 0.25) is 6.75 Å². The molecule has 0 N–H and O–H groups in total. The molecule has 5 rings (SSSR count). The van der Waals surface area contributed by atoms with Gasteiger partial charge >= 0.3 is 0 Å². The molecule has 4 nitrogen and oxygen atoms in total. The van der Waals surface area contributed by atoms with Gasteiger partial charge in [0.05, 0.1) is 6.10 Å². The summed E-state index contributed by atoms with van der Waals surface area (Å²) >= 11 is 0. The van der Waals surface area contributed by atoms with Gasteiger partial charge < -0.3 is 19.1 Å². The number of aryl methyl sites for hydroxylation is 1. The molecule has 0 aliphatic carbocycles. The van der Waals surface area contributed by atoms with E-state index in [9.17, 15) is 0 Å². The maximum atomic E-state index is 8.85. The van der Waals surface area contributed by atoms with Crippen LogP contribution >= 0.6 is 0 Å². The predicted molar refractivity (Wildman–Crippen MR) is 122 cm³/mol. The van der Waals surface area contributed by atoms with Crippen LogP contribution in [0.5, 0.6) is 11.5 Å². The molecular weight excluding hydrogens is 386 g/mol. The minimum absolute atomic E-state index is 0.0482. The molecule has 3 aromatic rings. The van der Waals surface area contributed by atoms with Gasteiger partial charge in [-0.2, -0.15) is 0 Å². The van der Waals surface area contributed by atoms with Crippen LogP contribution in [0.2, 0.25) is 0 Å². The maximum absolute atomic E-state index is 8.85. The predicted octanol–water partition coefficient (Wildman–Crippen LogP) is 5.23.